The Balaban J connectivity index is 2.03. The summed E-state index contributed by atoms with van der Waals surface area (Å²) in [5.74, 6) is 1.72. The van der Waals surface area contributed by atoms with Crippen molar-refractivity contribution in [3.63, 3.8) is 0 Å². The van der Waals surface area contributed by atoms with Crippen LogP contribution in [0.1, 0.15) is 32.6 Å². The smallest absolute Gasteiger partial charge is 0.121 e. The van der Waals surface area contributed by atoms with E-state index >= 15 is 0 Å². The van der Waals surface area contributed by atoms with Gasteiger partial charge in [0.25, 0.3) is 0 Å². The Kier molecular flexibility index (Phi) is 4.16. The van der Waals surface area contributed by atoms with Crippen molar-refractivity contribution in [1.29, 1.82) is 0 Å². The van der Waals surface area contributed by atoms with Crippen molar-refractivity contribution in [2.45, 2.75) is 38.6 Å². The lowest BCUT2D eigenvalue weighted by atomic mass is 10.1. The van der Waals surface area contributed by atoms with Gasteiger partial charge in [0.2, 0.25) is 0 Å². The van der Waals surface area contributed by atoms with Gasteiger partial charge in [0, 0.05) is 12.1 Å². The van der Waals surface area contributed by atoms with Crippen LogP contribution in [0.3, 0.4) is 0 Å². The fourth-order valence-electron chi connectivity index (χ4n) is 2.54. The molecule has 1 fully saturated rings. The first kappa shape index (κ1) is 12.6. The maximum absolute atomic E-state index is 6.18. The van der Waals surface area contributed by atoms with E-state index in [1.165, 1.54) is 25.7 Å². The van der Waals surface area contributed by atoms with Crippen molar-refractivity contribution in [1.82, 2.24) is 0 Å². The molecule has 2 rings (SSSR count). The molecule has 0 bridgehead atoms. The Hall–Kier alpha value is -0.890. The van der Waals surface area contributed by atoms with Crippen molar-refractivity contribution in [3.8, 4) is 5.75 Å². The molecule has 94 valence electrons. The molecule has 0 aromatic heterocycles. The molecule has 2 nitrogen and oxygen atoms in total. The van der Waals surface area contributed by atoms with Gasteiger partial charge < -0.3 is 10.1 Å². The molecule has 1 aromatic rings. The van der Waals surface area contributed by atoms with Gasteiger partial charge >= 0.3 is 0 Å². The van der Waals surface area contributed by atoms with E-state index in [-0.39, 0.29) is 0 Å². The first-order valence-corrected chi connectivity index (χ1v) is 6.70. The highest BCUT2D eigenvalue weighted by Crippen LogP contribution is 2.33. The number of rotatable bonds is 4. The van der Waals surface area contributed by atoms with Crippen LogP contribution in [0.5, 0.6) is 5.75 Å². The number of hydrogen-bond donors (Lipinski definition) is 1. The maximum atomic E-state index is 6.18. The van der Waals surface area contributed by atoms with Crippen LogP contribution in [-0.2, 0) is 0 Å². The van der Waals surface area contributed by atoms with Gasteiger partial charge in [-0.05, 0) is 37.3 Å². The monoisotopic (exact) mass is 253 g/mol. The average Bonchev–Trinajstić information content (AvgIpc) is 2.80. The minimum Gasteiger partial charge on any atom is -0.497 e. The summed E-state index contributed by atoms with van der Waals surface area (Å²) in [4.78, 5) is 0. The number of nitrogens with one attached hydrogen (secondary N) is 1. The van der Waals surface area contributed by atoms with Crippen molar-refractivity contribution in [3.05, 3.63) is 23.2 Å². The van der Waals surface area contributed by atoms with Crippen LogP contribution in [0.15, 0.2) is 18.2 Å². The molecule has 17 heavy (non-hydrogen) atoms. The minimum absolute atomic E-state index is 0.560. The predicted molar refractivity (Wildman–Crippen MR) is 73.0 cm³/mol. The Morgan fingerprint density at radius 3 is 2.88 bits per heavy atom. The quantitative estimate of drug-likeness (QED) is 0.862. The van der Waals surface area contributed by atoms with E-state index in [9.17, 15) is 0 Å². The van der Waals surface area contributed by atoms with Gasteiger partial charge in [-0.3, -0.25) is 0 Å². The number of anilines is 1. The molecule has 0 amide bonds. The largest absolute Gasteiger partial charge is 0.497 e. The van der Waals surface area contributed by atoms with Gasteiger partial charge in [0.15, 0.2) is 0 Å². The zero-order valence-corrected chi connectivity index (χ0v) is 11.3. The summed E-state index contributed by atoms with van der Waals surface area (Å²) in [5, 5.41) is 4.31. The van der Waals surface area contributed by atoms with Crippen LogP contribution in [0, 0.1) is 5.92 Å². The fourth-order valence-corrected chi connectivity index (χ4v) is 2.71. The molecule has 3 heteroatoms. The van der Waals surface area contributed by atoms with Crippen LogP contribution < -0.4 is 10.1 Å². The second-order valence-electron chi connectivity index (χ2n) is 4.77. The summed E-state index contributed by atoms with van der Waals surface area (Å²) in [7, 11) is 1.68. The molecule has 1 aromatic carbocycles. The van der Waals surface area contributed by atoms with Gasteiger partial charge in [0.1, 0.15) is 5.75 Å². The number of ether oxygens (including phenoxy) is 1. The van der Waals surface area contributed by atoms with E-state index in [4.69, 9.17) is 16.3 Å². The van der Waals surface area contributed by atoms with Crippen molar-refractivity contribution >= 4 is 17.3 Å². The first-order valence-electron chi connectivity index (χ1n) is 6.33. The van der Waals surface area contributed by atoms with E-state index in [0.717, 1.165) is 22.4 Å². The van der Waals surface area contributed by atoms with Gasteiger partial charge in [-0.15, -0.1) is 0 Å². The summed E-state index contributed by atoms with van der Waals surface area (Å²) in [6.07, 6.45) is 5.11. The zero-order valence-electron chi connectivity index (χ0n) is 10.5. The molecule has 0 radical (unpaired) electrons. The number of halogens is 1. The van der Waals surface area contributed by atoms with Gasteiger partial charge in [-0.2, -0.15) is 0 Å². The van der Waals surface area contributed by atoms with Gasteiger partial charge in [-0.1, -0.05) is 24.9 Å². The molecule has 1 aliphatic carbocycles. The highest BCUT2D eigenvalue weighted by Gasteiger charge is 2.23. The number of methoxy groups -OCH3 is 1. The number of hydrogen-bond acceptors (Lipinski definition) is 2. The number of benzene rings is 1. The van der Waals surface area contributed by atoms with Crippen LogP contribution in [0.4, 0.5) is 5.69 Å². The highest BCUT2D eigenvalue weighted by molar-refractivity contribution is 6.33. The summed E-state index contributed by atoms with van der Waals surface area (Å²) in [6, 6.07) is 6.30. The Bertz CT molecular complexity index is 380. The molecule has 1 N–H and O–H groups in total. The van der Waals surface area contributed by atoms with Crippen LogP contribution >= 0.6 is 11.6 Å². The Labute approximate surface area is 108 Å². The first-order chi connectivity index (χ1) is 8.22. The summed E-state index contributed by atoms with van der Waals surface area (Å²) >= 11 is 6.18. The second-order valence-corrected chi connectivity index (χ2v) is 5.18. The van der Waals surface area contributed by atoms with Crippen LogP contribution in [0.25, 0.3) is 0 Å². The summed E-state index contributed by atoms with van der Waals surface area (Å²) in [6.45, 7) is 2.27. The predicted octanol–water partition coefficient (Wildman–Crippen LogP) is 4.34. The standard InChI is InChI=1S/C14H20ClNO/c1-3-10-4-5-11(8-10)16-14-9-12(17-2)6-7-13(14)15/h6-7,9-11,16H,3-5,8H2,1-2H3. The zero-order chi connectivity index (χ0) is 12.3. The molecule has 2 unspecified atom stereocenters. The lowest BCUT2D eigenvalue weighted by molar-refractivity contribution is 0.415. The van der Waals surface area contributed by atoms with Crippen molar-refractivity contribution in [2.24, 2.45) is 5.92 Å². The van der Waals surface area contributed by atoms with E-state index in [1.807, 2.05) is 18.2 Å². The molecule has 0 spiro atoms. The fraction of sp³-hybridized carbons (Fsp3) is 0.571. The van der Waals surface area contributed by atoms with Crippen molar-refractivity contribution in [2.75, 3.05) is 12.4 Å². The second kappa shape index (κ2) is 5.63. The third-order valence-electron chi connectivity index (χ3n) is 3.65. The Morgan fingerprint density at radius 1 is 1.41 bits per heavy atom. The molecule has 0 saturated heterocycles. The van der Waals surface area contributed by atoms with E-state index in [0.29, 0.717) is 6.04 Å². The van der Waals surface area contributed by atoms with E-state index < -0.39 is 0 Å². The van der Waals surface area contributed by atoms with Crippen molar-refractivity contribution < 1.29 is 4.74 Å². The molecular formula is C14H20ClNO. The third kappa shape index (κ3) is 3.06. The highest BCUT2D eigenvalue weighted by atomic mass is 35.5. The lowest BCUT2D eigenvalue weighted by Crippen LogP contribution is -2.15. The van der Waals surface area contributed by atoms with E-state index in [1.54, 1.807) is 7.11 Å². The SMILES string of the molecule is CCC1CCC(Nc2cc(OC)ccc2Cl)C1. The molecule has 0 aliphatic heterocycles. The van der Waals surface area contributed by atoms with Gasteiger partial charge in [0.05, 0.1) is 17.8 Å². The van der Waals surface area contributed by atoms with Crippen LogP contribution in [-0.4, -0.2) is 13.2 Å². The van der Waals surface area contributed by atoms with E-state index in [2.05, 4.69) is 12.2 Å². The maximum Gasteiger partial charge on any atom is 0.121 e. The minimum atomic E-state index is 0.560. The van der Waals surface area contributed by atoms with Gasteiger partial charge in [-0.25, -0.2) is 0 Å². The molecule has 1 saturated carbocycles. The molecular weight excluding hydrogens is 234 g/mol. The third-order valence-corrected chi connectivity index (χ3v) is 3.98. The Morgan fingerprint density at radius 2 is 2.24 bits per heavy atom. The average molecular weight is 254 g/mol. The topological polar surface area (TPSA) is 21.3 Å². The molecule has 1 aliphatic rings. The molecule has 2 atom stereocenters. The molecule has 0 heterocycles. The summed E-state index contributed by atoms with van der Waals surface area (Å²) in [5.41, 5.74) is 0.993. The summed E-state index contributed by atoms with van der Waals surface area (Å²) < 4.78 is 5.22. The lowest BCUT2D eigenvalue weighted by Gasteiger charge is -2.16. The van der Waals surface area contributed by atoms with Crippen LogP contribution in [0.2, 0.25) is 5.02 Å². The normalized spacial score (nSPS) is 23.7.